The van der Waals surface area contributed by atoms with Gasteiger partial charge in [0.1, 0.15) is 5.69 Å². The average Bonchev–Trinajstić information content (AvgIpc) is 3.12. The summed E-state index contributed by atoms with van der Waals surface area (Å²) in [6, 6.07) is 7.28. The molecule has 1 aliphatic rings. The van der Waals surface area contributed by atoms with E-state index in [2.05, 4.69) is 15.2 Å². The van der Waals surface area contributed by atoms with Crippen LogP contribution in [0.25, 0.3) is 11.4 Å². The Morgan fingerprint density at radius 1 is 1.21 bits per heavy atom. The molecule has 0 radical (unpaired) electrons. The van der Waals surface area contributed by atoms with Gasteiger partial charge in [-0.05, 0) is 18.2 Å². The quantitative estimate of drug-likeness (QED) is 0.662. The van der Waals surface area contributed by atoms with Crippen molar-refractivity contribution in [3.63, 3.8) is 0 Å². The van der Waals surface area contributed by atoms with E-state index in [9.17, 15) is 22.8 Å². The van der Waals surface area contributed by atoms with Crippen LogP contribution in [0.2, 0.25) is 0 Å². The Morgan fingerprint density at radius 3 is 2.66 bits per heavy atom. The molecule has 0 unspecified atom stereocenters. The second-order valence-corrected chi connectivity index (χ2v) is 6.62. The fourth-order valence-electron chi connectivity index (χ4n) is 2.93. The highest BCUT2D eigenvalue weighted by Crippen LogP contribution is 2.32. The van der Waals surface area contributed by atoms with Gasteiger partial charge in [0, 0.05) is 31.8 Å². The molecule has 0 aliphatic carbocycles. The van der Waals surface area contributed by atoms with E-state index in [1.807, 2.05) is 0 Å². The van der Waals surface area contributed by atoms with Crippen molar-refractivity contribution in [3.05, 3.63) is 63.9 Å². The Hall–Kier alpha value is -3.50. The number of amides is 1. The molecule has 8 nitrogen and oxygen atoms in total. The van der Waals surface area contributed by atoms with Gasteiger partial charge in [-0.3, -0.25) is 9.59 Å². The molecule has 0 N–H and O–H groups in total. The van der Waals surface area contributed by atoms with Gasteiger partial charge in [-0.2, -0.15) is 23.3 Å². The highest BCUT2D eigenvalue weighted by Gasteiger charge is 2.37. The van der Waals surface area contributed by atoms with Crippen LogP contribution in [0.5, 0.6) is 0 Å². The number of aryl methyl sites for hydroxylation is 1. The molecule has 0 atom stereocenters. The van der Waals surface area contributed by atoms with Crippen molar-refractivity contribution in [2.45, 2.75) is 12.1 Å². The third-order valence-electron chi connectivity index (χ3n) is 4.59. The SMILES string of the molecule is Cn1nc(C(=O)N2CC(c3nc(-c4cccc(C(F)(F)F)c4)no3)C2)ccc1=O. The highest BCUT2D eigenvalue weighted by atomic mass is 19.4. The summed E-state index contributed by atoms with van der Waals surface area (Å²) < 4.78 is 44.8. The molecule has 29 heavy (non-hydrogen) atoms. The molecular weight excluding hydrogens is 391 g/mol. The topological polar surface area (TPSA) is 94.1 Å². The number of alkyl halides is 3. The van der Waals surface area contributed by atoms with E-state index in [-0.39, 0.29) is 40.4 Å². The number of likely N-dealkylation sites (tertiary alicyclic amines) is 1. The number of nitrogens with zero attached hydrogens (tertiary/aromatic N) is 5. The second kappa shape index (κ2) is 6.83. The molecule has 3 aromatic rings. The molecule has 1 aliphatic heterocycles. The van der Waals surface area contributed by atoms with Crippen LogP contribution < -0.4 is 5.56 Å². The summed E-state index contributed by atoms with van der Waals surface area (Å²) in [7, 11) is 1.45. The number of rotatable bonds is 3. The number of carbonyl (C=O) groups excluding carboxylic acids is 1. The summed E-state index contributed by atoms with van der Waals surface area (Å²) in [5.74, 6) is -0.265. The third-order valence-corrected chi connectivity index (χ3v) is 4.59. The Labute approximate surface area is 161 Å². The summed E-state index contributed by atoms with van der Waals surface area (Å²) in [5.41, 5.74) is -0.792. The molecule has 1 fully saturated rings. The lowest BCUT2D eigenvalue weighted by Crippen LogP contribution is -2.49. The van der Waals surface area contributed by atoms with Crippen LogP contribution in [0.1, 0.15) is 27.9 Å². The van der Waals surface area contributed by atoms with Gasteiger partial charge in [-0.15, -0.1) is 0 Å². The predicted molar refractivity (Wildman–Crippen MR) is 92.9 cm³/mol. The lowest BCUT2D eigenvalue weighted by atomic mass is 9.99. The van der Waals surface area contributed by atoms with E-state index in [1.54, 1.807) is 0 Å². The number of carbonyl (C=O) groups is 1. The van der Waals surface area contributed by atoms with Crippen molar-refractivity contribution >= 4 is 5.91 Å². The summed E-state index contributed by atoms with van der Waals surface area (Å²) in [6.45, 7) is 0.598. The largest absolute Gasteiger partial charge is 0.416 e. The molecule has 0 bridgehead atoms. The van der Waals surface area contributed by atoms with Gasteiger partial charge >= 0.3 is 6.18 Å². The number of hydrogen-bond acceptors (Lipinski definition) is 6. The van der Waals surface area contributed by atoms with Gasteiger partial charge < -0.3 is 9.42 Å². The summed E-state index contributed by atoms with van der Waals surface area (Å²) in [5, 5.41) is 7.67. The van der Waals surface area contributed by atoms with Crippen LogP contribution in [0.4, 0.5) is 13.2 Å². The molecule has 4 rings (SSSR count). The third kappa shape index (κ3) is 3.62. The van der Waals surface area contributed by atoms with Crippen molar-refractivity contribution in [1.29, 1.82) is 0 Å². The minimum atomic E-state index is -4.47. The maximum Gasteiger partial charge on any atom is 0.416 e. The van der Waals surface area contributed by atoms with E-state index in [0.29, 0.717) is 13.1 Å². The molecule has 1 saturated heterocycles. The lowest BCUT2D eigenvalue weighted by molar-refractivity contribution is -0.137. The first-order chi connectivity index (χ1) is 13.7. The Balaban J connectivity index is 1.45. The van der Waals surface area contributed by atoms with Crippen molar-refractivity contribution in [1.82, 2.24) is 24.8 Å². The average molecular weight is 405 g/mol. The maximum absolute atomic E-state index is 12.9. The smallest absolute Gasteiger partial charge is 0.339 e. The zero-order valence-electron chi connectivity index (χ0n) is 15.1. The molecule has 3 heterocycles. The van der Waals surface area contributed by atoms with Crippen LogP contribution >= 0.6 is 0 Å². The summed E-state index contributed by atoms with van der Waals surface area (Å²) in [4.78, 5) is 29.4. The zero-order valence-corrected chi connectivity index (χ0v) is 15.1. The van der Waals surface area contributed by atoms with Gasteiger partial charge in [0.05, 0.1) is 11.5 Å². The molecule has 0 saturated carbocycles. The summed E-state index contributed by atoms with van der Waals surface area (Å²) >= 11 is 0. The minimum absolute atomic E-state index is 0.0515. The van der Waals surface area contributed by atoms with E-state index < -0.39 is 11.7 Å². The van der Waals surface area contributed by atoms with Crippen molar-refractivity contribution in [2.24, 2.45) is 7.05 Å². The van der Waals surface area contributed by atoms with Crippen LogP contribution in [-0.2, 0) is 13.2 Å². The van der Waals surface area contributed by atoms with Crippen molar-refractivity contribution in [3.8, 4) is 11.4 Å². The number of halogens is 3. The summed E-state index contributed by atoms with van der Waals surface area (Å²) in [6.07, 6.45) is -4.47. The molecule has 0 spiro atoms. The van der Waals surface area contributed by atoms with Gasteiger partial charge in [0.25, 0.3) is 11.5 Å². The number of hydrogen-bond donors (Lipinski definition) is 0. The first kappa shape index (κ1) is 18.8. The van der Waals surface area contributed by atoms with Crippen molar-refractivity contribution in [2.75, 3.05) is 13.1 Å². The molecule has 1 aromatic carbocycles. The van der Waals surface area contributed by atoms with E-state index in [1.165, 1.54) is 36.2 Å². The molecule has 11 heteroatoms. The van der Waals surface area contributed by atoms with Crippen LogP contribution in [-0.4, -0.2) is 43.8 Å². The Kier molecular flexibility index (Phi) is 4.44. The number of aromatic nitrogens is 4. The predicted octanol–water partition coefficient (Wildman–Crippen LogP) is 2.09. The molecule has 1 amide bonds. The normalized spacial score (nSPS) is 14.7. The van der Waals surface area contributed by atoms with Gasteiger partial charge in [-0.1, -0.05) is 17.3 Å². The first-order valence-electron chi connectivity index (χ1n) is 8.57. The first-order valence-corrected chi connectivity index (χ1v) is 8.57. The van der Waals surface area contributed by atoms with Crippen LogP contribution in [0.3, 0.4) is 0 Å². The fourth-order valence-corrected chi connectivity index (χ4v) is 2.93. The Morgan fingerprint density at radius 2 is 1.97 bits per heavy atom. The van der Waals surface area contributed by atoms with Crippen molar-refractivity contribution < 1.29 is 22.5 Å². The fraction of sp³-hybridized carbons (Fsp3) is 0.278. The van der Waals surface area contributed by atoms with Gasteiger partial charge in [0.2, 0.25) is 11.7 Å². The minimum Gasteiger partial charge on any atom is -0.339 e. The highest BCUT2D eigenvalue weighted by molar-refractivity contribution is 5.92. The molecular formula is C18H14F3N5O3. The lowest BCUT2D eigenvalue weighted by Gasteiger charge is -2.36. The standard InChI is InChI=1S/C18H14F3N5O3/c1-25-14(27)6-5-13(23-25)17(28)26-8-11(9-26)16-22-15(24-29-16)10-3-2-4-12(7-10)18(19,20)21/h2-7,11H,8-9H2,1H3. The van der Waals surface area contributed by atoms with Gasteiger partial charge in [-0.25, -0.2) is 4.68 Å². The van der Waals surface area contributed by atoms with Crippen LogP contribution in [0, 0.1) is 0 Å². The second-order valence-electron chi connectivity index (χ2n) is 6.62. The van der Waals surface area contributed by atoms with E-state index >= 15 is 0 Å². The van der Waals surface area contributed by atoms with Crippen LogP contribution in [0.15, 0.2) is 45.7 Å². The monoisotopic (exact) mass is 405 g/mol. The maximum atomic E-state index is 12.9. The molecule has 150 valence electrons. The number of benzene rings is 1. The van der Waals surface area contributed by atoms with E-state index in [4.69, 9.17) is 4.52 Å². The van der Waals surface area contributed by atoms with Gasteiger partial charge in [0.15, 0.2) is 0 Å². The molecule has 2 aromatic heterocycles. The van der Waals surface area contributed by atoms with E-state index in [0.717, 1.165) is 16.8 Å². The zero-order chi connectivity index (χ0) is 20.8. The Bertz CT molecular complexity index is 1130.